The van der Waals surface area contributed by atoms with Crippen molar-refractivity contribution in [3.63, 3.8) is 0 Å². The van der Waals surface area contributed by atoms with Crippen molar-refractivity contribution in [2.45, 2.75) is 24.9 Å². The molecule has 0 saturated carbocycles. The highest BCUT2D eigenvalue weighted by Gasteiger charge is 2.33. The maximum atomic E-state index is 11.2. The SMILES string of the molecule is COc1ccc(OC)c(C(=CCCN2CCC(O)(c3ccc(Cl)cc3)CC2)c2cccnc2)c1. The molecule has 4 rings (SSSR count). The molecule has 0 atom stereocenters. The molecule has 5 nitrogen and oxygen atoms in total. The number of ether oxygens (including phenoxy) is 2. The number of benzene rings is 2. The Kier molecular flexibility index (Phi) is 7.88. The van der Waals surface area contributed by atoms with Gasteiger partial charge in [0.15, 0.2) is 0 Å². The maximum absolute atomic E-state index is 11.2. The zero-order chi connectivity index (χ0) is 24.0. The van der Waals surface area contributed by atoms with E-state index in [1.54, 1.807) is 20.4 Å². The topological polar surface area (TPSA) is 54.8 Å². The molecule has 3 aromatic rings. The molecule has 34 heavy (non-hydrogen) atoms. The van der Waals surface area contributed by atoms with Gasteiger partial charge >= 0.3 is 0 Å². The van der Waals surface area contributed by atoms with Crippen LogP contribution < -0.4 is 9.47 Å². The van der Waals surface area contributed by atoms with Crippen LogP contribution in [-0.4, -0.2) is 48.8 Å². The molecule has 1 aliphatic rings. The summed E-state index contributed by atoms with van der Waals surface area (Å²) in [7, 11) is 3.35. The molecular weight excluding hydrogens is 448 g/mol. The van der Waals surface area contributed by atoms with Crippen LogP contribution in [0, 0.1) is 0 Å². The molecular formula is C28H31ClN2O3. The van der Waals surface area contributed by atoms with Crippen molar-refractivity contribution in [2.24, 2.45) is 0 Å². The number of halogens is 1. The average molecular weight is 479 g/mol. The molecule has 0 spiro atoms. The molecule has 0 unspecified atom stereocenters. The van der Waals surface area contributed by atoms with E-state index in [2.05, 4.69) is 22.0 Å². The number of aromatic nitrogens is 1. The van der Waals surface area contributed by atoms with Crippen molar-refractivity contribution in [3.8, 4) is 11.5 Å². The average Bonchev–Trinajstić information content (AvgIpc) is 2.88. The van der Waals surface area contributed by atoms with Crippen LogP contribution in [0.4, 0.5) is 0 Å². The Labute approximate surface area is 206 Å². The molecule has 0 radical (unpaired) electrons. The van der Waals surface area contributed by atoms with Gasteiger partial charge in [-0.2, -0.15) is 0 Å². The van der Waals surface area contributed by atoms with E-state index >= 15 is 0 Å². The number of pyridine rings is 1. The van der Waals surface area contributed by atoms with Gasteiger partial charge in [-0.3, -0.25) is 4.98 Å². The van der Waals surface area contributed by atoms with Gasteiger partial charge in [-0.05, 0) is 66.8 Å². The third-order valence-corrected chi connectivity index (χ3v) is 6.78. The number of hydrogen-bond acceptors (Lipinski definition) is 5. The summed E-state index contributed by atoms with van der Waals surface area (Å²) in [6.45, 7) is 2.60. The van der Waals surface area contributed by atoms with Gasteiger partial charge in [-0.1, -0.05) is 35.9 Å². The lowest BCUT2D eigenvalue weighted by Gasteiger charge is -2.38. The molecule has 178 valence electrons. The number of hydrogen-bond donors (Lipinski definition) is 1. The second-order valence-electron chi connectivity index (χ2n) is 8.59. The summed E-state index contributed by atoms with van der Waals surface area (Å²) < 4.78 is 11.1. The summed E-state index contributed by atoms with van der Waals surface area (Å²) in [6, 6.07) is 17.4. The van der Waals surface area contributed by atoms with E-state index in [9.17, 15) is 5.11 Å². The summed E-state index contributed by atoms with van der Waals surface area (Å²) in [5, 5.41) is 11.8. The van der Waals surface area contributed by atoms with Gasteiger partial charge in [0.2, 0.25) is 0 Å². The second-order valence-corrected chi connectivity index (χ2v) is 9.03. The number of methoxy groups -OCH3 is 2. The van der Waals surface area contributed by atoms with E-state index in [4.69, 9.17) is 21.1 Å². The van der Waals surface area contributed by atoms with E-state index in [0.717, 1.165) is 59.8 Å². The summed E-state index contributed by atoms with van der Waals surface area (Å²) in [5.41, 5.74) is 3.24. The van der Waals surface area contributed by atoms with Crippen LogP contribution in [0.5, 0.6) is 11.5 Å². The molecule has 1 aromatic heterocycles. The number of likely N-dealkylation sites (tertiary alicyclic amines) is 1. The zero-order valence-electron chi connectivity index (χ0n) is 19.7. The number of rotatable bonds is 8. The molecule has 2 heterocycles. The van der Waals surface area contributed by atoms with Crippen molar-refractivity contribution in [2.75, 3.05) is 33.9 Å². The molecule has 0 bridgehead atoms. The fourth-order valence-corrected chi connectivity index (χ4v) is 4.64. The Morgan fingerprint density at radius 3 is 2.50 bits per heavy atom. The second kappa shape index (κ2) is 11.0. The van der Waals surface area contributed by atoms with Crippen molar-refractivity contribution in [1.82, 2.24) is 9.88 Å². The van der Waals surface area contributed by atoms with E-state index in [0.29, 0.717) is 17.9 Å². The highest BCUT2D eigenvalue weighted by molar-refractivity contribution is 6.30. The van der Waals surface area contributed by atoms with Gasteiger partial charge in [-0.15, -0.1) is 0 Å². The Bertz CT molecular complexity index is 1110. The number of aliphatic hydroxyl groups is 1. The van der Waals surface area contributed by atoms with Gasteiger partial charge in [0.25, 0.3) is 0 Å². The van der Waals surface area contributed by atoms with Crippen LogP contribution in [-0.2, 0) is 5.60 Å². The summed E-state index contributed by atoms with van der Waals surface area (Å²) >= 11 is 6.01. The molecule has 1 aliphatic heterocycles. The smallest absolute Gasteiger partial charge is 0.126 e. The van der Waals surface area contributed by atoms with Crippen LogP contribution in [0.2, 0.25) is 5.02 Å². The Morgan fingerprint density at radius 2 is 1.85 bits per heavy atom. The quantitative estimate of drug-likeness (QED) is 0.459. The normalized spacial score (nSPS) is 16.3. The summed E-state index contributed by atoms with van der Waals surface area (Å²) in [4.78, 5) is 6.73. The zero-order valence-corrected chi connectivity index (χ0v) is 20.5. The minimum atomic E-state index is -0.786. The van der Waals surface area contributed by atoms with Crippen molar-refractivity contribution in [1.29, 1.82) is 0 Å². The first-order valence-corrected chi connectivity index (χ1v) is 11.9. The van der Waals surface area contributed by atoms with Gasteiger partial charge < -0.3 is 19.5 Å². The Hall–Kier alpha value is -2.86. The van der Waals surface area contributed by atoms with E-state index in [-0.39, 0.29) is 0 Å². The van der Waals surface area contributed by atoms with Crippen LogP contribution in [0.15, 0.2) is 73.1 Å². The minimum absolute atomic E-state index is 0.689. The lowest BCUT2D eigenvalue weighted by Crippen LogP contribution is -2.42. The Balaban J connectivity index is 1.48. The van der Waals surface area contributed by atoms with Gasteiger partial charge in [-0.25, -0.2) is 0 Å². The summed E-state index contributed by atoms with van der Waals surface area (Å²) in [6.07, 6.45) is 8.17. The molecule has 6 heteroatoms. The lowest BCUT2D eigenvalue weighted by molar-refractivity contribution is -0.0254. The first-order valence-electron chi connectivity index (χ1n) is 11.6. The molecule has 1 saturated heterocycles. The first kappa shape index (κ1) is 24.3. The fraction of sp³-hybridized carbons (Fsp3) is 0.321. The van der Waals surface area contributed by atoms with Crippen molar-refractivity contribution < 1.29 is 14.6 Å². The number of piperidine rings is 1. The minimum Gasteiger partial charge on any atom is -0.497 e. The van der Waals surface area contributed by atoms with E-state index in [1.165, 1.54) is 0 Å². The standard InChI is InChI=1S/C28H31ClN2O3/c1-33-24-11-12-27(34-2)26(19-24)25(21-5-3-15-30-20-21)6-4-16-31-17-13-28(32,14-18-31)22-7-9-23(29)10-8-22/h3,5-12,15,19-20,32H,4,13-14,16-18H2,1-2H3. The van der Waals surface area contributed by atoms with Crippen LogP contribution in [0.3, 0.4) is 0 Å². The van der Waals surface area contributed by atoms with Crippen LogP contribution in [0.25, 0.3) is 5.57 Å². The predicted octanol–water partition coefficient (Wildman–Crippen LogP) is 5.56. The van der Waals surface area contributed by atoms with Gasteiger partial charge in [0.1, 0.15) is 11.5 Å². The maximum Gasteiger partial charge on any atom is 0.126 e. The molecule has 1 N–H and O–H groups in total. The highest BCUT2D eigenvalue weighted by Crippen LogP contribution is 2.35. The van der Waals surface area contributed by atoms with Gasteiger partial charge in [0, 0.05) is 48.2 Å². The van der Waals surface area contributed by atoms with Gasteiger partial charge in [0.05, 0.1) is 19.8 Å². The third kappa shape index (κ3) is 5.61. The fourth-order valence-electron chi connectivity index (χ4n) is 4.52. The van der Waals surface area contributed by atoms with E-state index < -0.39 is 5.60 Å². The lowest BCUT2D eigenvalue weighted by atomic mass is 9.84. The van der Waals surface area contributed by atoms with Crippen molar-refractivity contribution in [3.05, 3.63) is 94.8 Å². The monoisotopic (exact) mass is 478 g/mol. The van der Waals surface area contributed by atoms with Crippen molar-refractivity contribution >= 4 is 17.2 Å². The first-order chi connectivity index (χ1) is 16.5. The molecule has 0 amide bonds. The molecule has 2 aromatic carbocycles. The number of nitrogens with zero attached hydrogens (tertiary/aromatic N) is 2. The predicted molar refractivity (Wildman–Crippen MR) is 137 cm³/mol. The largest absolute Gasteiger partial charge is 0.497 e. The third-order valence-electron chi connectivity index (χ3n) is 6.53. The van der Waals surface area contributed by atoms with Crippen LogP contribution >= 0.6 is 11.6 Å². The molecule has 0 aliphatic carbocycles. The molecule has 1 fully saturated rings. The van der Waals surface area contributed by atoms with Crippen LogP contribution in [0.1, 0.15) is 36.0 Å². The Morgan fingerprint density at radius 1 is 1.09 bits per heavy atom. The van der Waals surface area contributed by atoms with E-state index in [1.807, 2.05) is 54.7 Å². The highest BCUT2D eigenvalue weighted by atomic mass is 35.5. The summed E-state index contributed by atoms with van der Waals surface area (Å²) in [5.74, 6) is 1.57.